The lowest BCUT2D eigenvalue weighted by Gasteiger charge is -2.15. The highest BCUT2D eigenvalue weighted by atomic mass is 79.9. The number of hydrogen-bond donors (Lipinski definition) is 1. The topological polar surface area (TPSA) is 20.2 Å². The molecule has 1 nitrogen and oxygen atoms in total. The molecule has 0 radical (unpaired) electrons. The quantitative estimate of drug-likeness (QED) is 0.882. The molecule has 0 fully saturated rings. The summed E-state index contributed by atoms with van der Waals surface area (Å²) in [6.45, 7) is 0.133. The summed E-state index contributed by atoms with van der Waals surface area (Å²) in [7, 11) is 0. The van der Waals surface area contributed by atoms with Crippen LogP contribution in [0.3, 0.4) is 0 Å². The second kappa shape index (κ2) is 6.37. The molecule has 2 aromatic carbocycles. The molecule has 2 rings (SSSR count). The van der Waals surface area contributed by atoms with E-state index in [1.807, 2.05) is 36.4 Å². The highest BCUT2D eigenvalue weighted by Gasteiger charge is 2.11. The monoisotopic (exact) mass is 324 g/mol. The van der Waals surface area contributed by atoms with Gasteiger partial charge >= 0.3 is 0 Å². The second-order valence-electron chi connectivity index (χ2n) is 4.27. The van der Waals surface area contributed by atoms with E-state index in [0.717, 1.165) is 21.5 Å². The molecule has 18 heavy (non-hydrogen) atoms. The number of aliphatic hydroxyl groups excluding tert-OH is 1. The van der Waals surface area contributed by atoms with Crippen molar-refractivity contribution in [1.29, 1.82) is 0 Å². The van der Waals surface area contributed by atoms with E-state index in [2.05, 4.69) is 28.1 Å². The van der Waals surface area contributed by atoms with E-state index in [1.165, 1.54) is 5.56 Å². The van der Waals surface area contributed by atoms with Crippen molar-refractivity contribution >= 4 is 27.5 Å². The van der Waals surface area contributed by atoms with Crippen LogP contribution in [0.15, 0.2) is 53.0 Å². The van der Waals surface area contributed by atoms with Crippen LogP contribution in [0.5, 0.6) is 0 Å². The van der Waals surface area contributed by atoms with Crippen molar-refractivity contribution in [1.82, 2.24) is 0 Å². The minimum atomic E-state index is 0.108. The van der Waals surface area contributed by atoms with Crippen LogP contribution in [0.2, 0.25) is 5.02 Å². The largest absolute Gasteiger partial charge is 0.396 e. The highest BCUT2D eigenvalue weighted by Crippen LogP contribution is 2.23. The predicted octanol–water partition coefficient (Wildman–Crippen LogP) is 4.42. The number of halogens is 2. The first kappa shape index (κ1) is 13.6. The zero-order valence-corrected chi connectivity index (χ0v) is 12.2. The van der Waals surface area contributed by atoms with E-state index < -0.39 is 0 Å². The number of rotatable bonds is 4. The fourth-order valence-corrected chi connectivity index (χ4v) is 2.54. The summed E-state index contributed by atoms with van der Waals surface area (Å²) in [4.78, 5) is 0. The molecule has 94 valence electrons. The molecule has 0 bridgehead atoms. The zero-order valence-electron chi connectivity index (χ0n) is 9.81. The van der Waals surface area contributed by atoms with Crippen LogP contribution in [0.25, 0.3) is 0 Å². The van der Waals surface area contributed by atoms with Crippen LogP contribution in [0, 0.1) is 0 Å². The van der Waals surface area contributed by atoms with Gasteiger partial charge in [-0.15, -0.1) is 0 Å². The molecule has 0 aliphatic rings. The Morgan fingerprint density at radius 1 is 1.11 bits per heavy atom. The molecule has 0 heterocycles. The van der Waals surface area contributed by atoms with Crippen LogP contribution >= 0.6 is 27.5 Å². The molecule has 0 aliphatic heterocycles. The van der Waals surface area contributed by atoms with E-state index in [0.29, 0.717) is 0 Å². The van der Waals surface area contributed by atoms with Gasteiger partial charge in [0.05, 0.1) is 6.61 Å². The van der Waals surface area contributed by atoms with E-state index in [4.69, 9.17) is 11.6 Å². The van der Waals surface area contributed by atoms with Gasteiger partial charge in [0.1, 0.15) is 0 Å². The molecule has 0 aliphatic carbocycles. The van der Waals surface area contributed by atoms with E-state index in [9.17, 15) is 5.11 Å². The Bertz CT molecular complexity index is 510. The minimum absolute atomic E-state index is 0.108. The first-order chi connectivity index (χ1) is 8.69. The third-order valence-corrected chi connectivity index (χ3v) is 3.68. The van der Waals surface area contributed by atoms with Gasteiger partial charge in [0.25, 0.3) is 0 Å². The predicted molar refractivity (Wildman–Crippen MR) is 79.1 cm³/mol. The smallest absolute Gasteiger partial charge is 0.0502 e. The summed E-state index contributed by atoms with van der Waals surface area (Å²) in [6, 6.07) is 15.8. The Hall–Kier alpha value is -0.830. The normalized spacial score (nSPS) is 12.4. The SMILES string of the molecule is OCC(Cc1cccc(Br)c1)c1ccc(Cl)cc1. The summed E-state index contributed by atoms with van der Waals surface area (Å²) in [5.41, 5.74) is 2.32. The third-order valence-electron chi connectivity index (χ3n) is 2.93. The van der Waals surface area contributed by atoms with Gasteiger partial charge in [-0.05, 0) is 41.8 Å². The molecule has 3 heteroatoms. The van der Waals surface area contributed by atoms with Crippen molar-refractivity contribution in [3.63, 3.8) is 0 Å². The molecule has 0 saturated heterocycles. The van der Waals surface area contributed by atoms with E-state index >= 15 is 0 Å². The van der Waals surface area contributed by atoms with Gasteiger partial charge in [-0.2, -0.15) is 0 Å². The summed E-state index contributed by atoms with van der Waals surface area (Å²) in [6.07, 6.45) is 0.817. The summed E-state index contributed by atoms with van der Waals surface area (Å²) < 4.78 is 1.06. The lowest BCUT2D eigenvalue weighted by Crippen LogP contribution is -2.07. The lowest BCUT2D eigenvalue weighted by molar-refractivity contribution is 0.264. The summed E-state index contributed by atoms with van der Waals surface area (Å²) in [5.74, 6) is 0.108. The molecule has 2 aromatic rings. The average molecular weight is 326 g/mol. The molecule has 1 atom stereocenters. The molecular weight excluding hydrogens is 312 g/mol. The third kappa shape index (κ3) is 3.58. The van der Waals surface area contributed by atoms with Gasteiger partial charge in [0, 0.05) is 15.4 Å². The van der Waals surface area contributed by atoms with E-state index in [1.54, 1.807) is 0 Å². The standard InChI is InChI=1S/C15H14BrClO/c16-14-3-1-2-11(9-14)8-13(10-18)12-4-6-15(17)7-5-12/h1-7,9,13,18H,8,10H2. The molecule has 0 spiro atoms. The number of aliphatic hydroxyl groups is 1. The van der Waals surface area contributed by atoms with Crippen molar-refractivity contribution in [2.24, 2.45) is 0 Å². The first-order valence-electron chi connectivity index (χ1n) is 5.80. The second-order valence-corrected chi connectivity index (χ2v) is 5.62. The zero-order chi connectivity index (χ0) is 13.0. The van der Waals surface area contributed by atoms with Crippen molar-refractivity contribution in [3.8, 4) is 0 Å². The lowest BCUT2D eigenvalue weighted by atomic mass is 9.93. The van der Waals surface area contributed by atoms with Crippen molar-refractivity contribution in [2.75, 3.05) is 6.61 Å². The van der Waals surface area contributed by atoms with Crippen molar-refractivity contribution in [2.45, 2.75) is 12.3 Å². The van der Waals surface area contributed by atoms with Gasteiger partial charge in [0.15, 0.2) is 0 Å². The van der Waals surface area contributed by atoms with Crippen LogP contribution in [0.4, 0.5) is 0 Å². The fourth-order valence-electron chi connectivity index (χ4n) is 1.97. The minimum Gasteiger partial charge on any atom is -0.396 e. The van der Waals surface area contributed by atoms with E-state index in [-0.39, 0.29) is 12.5 Å². The van der Waals surface area contributed by atoms with Gasteiger partial charge in [-0.1, -0.05) is 51.8 Å². The average Bonchev–Trinajstić information content (AvgIpc) is 2.37. The maximum atomic E-state index is 9.53. The first-order valence-corrected chi connectivity index (χ1v) is 6.97. The van der Waals surface area contributed by atoms with Gasteiger partial charge in [-0.3, -0.25) is 0 Å². The Balaban J connectivity index is 2.17. The van der Waals surface area contributed by atoms with Crippen molar-refractivity contribution < 1.29 is 5.11 Å². The Morgan fingerprint density at radius 2 is 1.83 bits per heavy atom. The van der Waals surface area contributed by atoms with Crippen LogP contribution in [0.1, 0.15) is 17.0 Å². The highest BCUT2D eigenvalue weighted by molar-refractivity contribution is 9.10. The van der Waals surface area contributed by atoms with Gasteiger partial charge in [-0.25, -0.2) is 0 Å². The fraction of sp³-hybridized carbons (Fsp3) is 0.200. The summed E-state index contributed by atoms with van der Waals surface area (Å²) in [5, 5.41) is 10.3. The molecular formula is C15H14BrClO. The van der Waals surface area contributed by atoms with Crippen LogP contribution in [-0.4, -0.2) is 11.7 Å². The van der Waals surface area contributed by atoms with Crippen LogP contribution in [-0.2, 0) is 6.42 Å². The Labute approximate surface area is 121 Å². The molecule has 0 aromatic heterocycles. The van der Waals surface area contributed by atoms with Crippen molar-refractivity contribution in [3.05, 3.63) is 69.2 Å². The summed E-state index contributed by atoms with van der Waals surface area (Å²) >= 11 is 9.33. The maximum Gasteiger partial charge on any atom is 0.0502 e. The molecule has 0 amide bonds. The van der Waals surface area contributed by atoms with Crippen LogP contribution < -0.4 is 0 Å². The van der Waals surface area contributed by atoms with Gasteiger partial charge < -0.3 is 5.11 Å². The Morgan fingerprint density at radius 3 is 2.44 bits per heavy atom. The maximum absolute atomic E-state index is 9.53. The molecule has 0 saturated carbocycles. The number of benzene rings is 2. The Kier molecular flexibility index (Phi) is 4.81. The number of hydrogen-bond acceptors (Lipinski definition) is 1. The molecule has 1 unspecified atom stereocenters. The van der Waals surface area contributed by atoms with Gasteiger partial charge in [0.2, 0.25) is 0 Å². The molecule has 1 N–H and O–H groups in total.